The quantitative estimate of drug-likeness (QED) is 0.655. The van der Waals surface area contributed by atoms with E-state index in [1.807, 2.05) is 0 Å². The molecule has 0 saturated heterocycles. The Bertz CT molecular complexity index is 833. The molecule has 0 aliphatic carbocycles. The van der Waals surface area contributed by atoms with Crippen molar-refractivity contribution in [3.63, 3.8) is 0 Å². The summed E-state index contributed by atoms with van der Waals surface area (Å²) in [5.74, 6) is -0.465. The summed E-state index contributed by atoms with van der Waals surface area (Å²) in [6, 6.07) is 9.24. The summed E-state index contributed by atoms with van der Waals surface area (Å²) in [7, 11) is 0. The van der Waals surface area contributed by atoms with E-state index >= 15 is 0 Å². The highest BCUT2D eigenvalue weighted by Crippen LogP contribution is 2.28. The van der Waals surface area contributed by atoms with Gasteiger partial charge in [0.25, 0.3) is 5.91 Å². The van der Waals surface area contributed by atoms with Gasteiger partial charge < -0.3 is 10.1 Å². The number of hydrogen-bond acceptors (Lipinski definition) is 3. The molecule has 0 radical (unpaired) electrons. The Balaban J connectivity index is 1.83. The summed E-state index contributed by atoms with van der Waals surface area (Å²) >= 11 is 3.26. The number of ether oxygens (including phenoxy) is 1. The highest BCUT2D eigenvalue weighted by molar-refractivity contribution is 9.10. The van der Waals surface area contributed by atoms with Crippen molar-refractivity contribution in [3.05, 3.63) is 63.9 Å². The Labute approximate surface area is 140 Å². The van der Waals surface area contributed by atoms with E-state index < -0.39 is 5.82 Å². The number of halogens is 2. The van der Waals surface area contributed by atoms with Crippen molar-refractivity contribution in [2.24, 2.45) is 0 Å². The van der Waals surface area contributed by atoms with E-state index in [2.05, 4.69) is 21.2 Å². The molecule has 2 aromatic rings. The SMILES string of the molecule is O=C1COc2ccc(C(=O)C=Cc3cc(Br)ccc3F)cc2N1. The Morgan fingerprint density at radius 1 is 1.26 bits per heavy atom. The molecule has 1 heterocycles. The molecular weight excluding hydrogens is 365 g/mol. The van der Waals surface area contributed by atoms with Crippen LogP contribution in [-0.2, 0) is 4.79 Å². The summed E-state index contributed by atoms with van der Waals surface area (Å²) < 4.78 is 19.6. The first-order valence-corrected chi connectivity index (χ1v) is 7.56. The van der Waals surface area contributed by atoms with Crippen LogP contribution in [0.4, 0.5) is 10.1 Å². The van der Waals surface area contributed by atoms with Gasteiger partial charge in [-0.15, -0.1) is 0 Å². The summed E-state index contributed by atoms with van der Waals surface area (Å²) in [6.45, 7) is -0.0393. The molecule has 4 nitrogen and oxygen atoms in total. The van der Waals surface area contributed by atoms with Gasteiger partial charge in [-0.25, -0.2) is 4.39 Å². The lowest BCUT2D eigenvalue weighted by Gasteiger charge is -2.17. The molecule has 116 valence electrons. The second-order valence-corrected chi connectivity index (χ2v) is 5.83. The molecule has 0 unspecified atom stereocenters. The first-order valence-electron chi connectivity index (χ1n) is 6.77. The van der Waals surface area contributed by atoms with Gasteiger partial charge >= 0.3 is 0 Å². The molecule has 6 heteroatoms. The molecule has 23 heavy (non-hydrogen) atoms. The van der Waals surface area contributed by atoms with Gasteiger partial charge in [0.05, 0.1) is 5.69 Å². The number of ketones is 1. The monoisotopic (exact) mass is 375 g/mol. The minimum atomic E-state index is -0.414. The van der Waals surface area contributed by atoms with E-state index in [-0.39, 0.29) is 18.3 Å². The van der Waals surface area contributed by atoms with Crippen molar-refractivity contribution in [2.75, 3.05) is 11.9 Å². The number of nitrogens with one attached hydrogen (secondary N) is 1. The van der Waals surface area contributed by atoms with Crippen molar-refractivity contribution >= 4 is 39.4 Å². The Morgan fingerprint density at radius 3 is 2.91 bits per heavy atom. The number of fused-ring (bicyclic) bond motifs is 1. The predicted molar refractivity (Wildman–Crippen MR) is 88.0 cm³/mol. The largest absolute Gasteiger partial charge is 0.482 e. The molecule has 0 saturated carbocycles. The maximum Gasteiger partial charge on any atom is 0.262 e. The van der Waals surface area contributed by atoms with Crippen molar-refractivity contribution in [2.45, 2.75) is 0 Å². The molecule has 0 aromatic heterocycles. The number of benzene rings is 2. The van der Waals surface area contributed by atoms with E-state index in [0.717, 1.165) is 4.47 Å². The highest BCUT2D eigenvalue weighted by Gasteiger charge is 2.17. The van der Waals surface area contributed by atoms with Crippen molar-refractivity contribution in [1.29, 1.82) is 0 Å². The molecule has 0 bridgehead atoms. The standard InChI is InChI=1S/C17H11BrFNO3/c18-12-3-4-13(19)10(7-12)1-5-15(21)11-2-6-16-14(8-11)20-17(22)9-23-16/h1-8H,9H2,(H,20,22). The fraction of sp³-hybridized carbons (Fsp3) is 0.0588. The smallest absolute Gasteiger partial charge is 0.262 e. The molecule has 3 rings (SSSR count). The summed E-state index contributed by atoms with van der Waals surface area (Å²) in [6.07, 6.45) is 2.70. The zero-order chi connectivity index (χ0) is 16.4. The summed E-state index contributed by atoms with van der Waals surface area (Å²) in [4.78, 5) is 23.5. The second-order valence-electron chi connectivity index (χ2n) is 4.91. The predicted octanol–water partition coefficient (Wildman–Crippen LogP) is 3.82. The third-order valence-electron chi connectivity index (χ3n) is 3.27. The molecular formula is C17H11BrFNO3. The summed E-state index contributed by atoms with van der Waals surface area (Å²) in [5, 5.41) is 2.64. The maximum absolute atomic E-state index is 13.6. The number of carbonyl (C=O) groups excluding carboxylic acids is 2. The summed E-state index contributed by atoms with van der Waals surface area (Å²) in [5.41, 5.74) is 1.14. The first kappa shape index (κ1) is 15.4. The van der Waals surface area contributed by atoms with Crippen molar-refractivity contribution < 1.29 is 18.7 Å². The van der Waals surface area contributed by atoms with Crippen LogP contribution in [0, 0.1) is 5.82 Å². The number of hydrogen-bond donors (Lipinski definition) is 1. The number of amides is 1. The van der Waals surface area contributed by atoms with E-state index in [0.29, 0.717) is 22.6 Å². The molecule has 1 aliphatic rings. The molecule has 2 aromatic carbocycles. The van der Waals surface area contributed by atoms with Crippen LogP contribution < -0.4 is 10.1 Å². The van der Waals surface area contributed by atoms with Gasteiger partial charge in [0.2, 0.25) is 0 Å². The van der Waals surface area contributed by atoms with E-state index in [4.69, 9.17) is 4.74 Å². The van der Waals surface area contributed by atoms with Gasteiger partial charge in [-0.3, -0.25) is 9.59 Å². The van der Waals surface area contributed by atoms with Crippen LogP contribution in [0.25, 0.3) is 6.08 Å². The van der Waals surface area contributed by atoms with Gasteiger partial charge in [0, 0.05) is 15.6 Å². The molecule has 1 N–H and O–H groups in total. The number of allylic oxidation sites excluding steroid dienone is 1. The zero-order valence-electron chi connectivity index (χ0n) is 11.8. The third-order valence-corrected chi connectivity index (χ3v) is 3.76. The lowest BCUT2D eigenvalue weighted by Crippen LogP contribution is -2.25. The lowest BCUT2D eigenvalue weighted by molar-refractivity contribution is -0.118. The Kier molecular flexibility index (Phi) is 4.25. The van der Waals surface area contributed by atoms with Crippen LogP contribution in [0.3, 0.4) is 0 Å². The third kappa shape index (κ3) is 3.48. The van der Waals surface area contributed by atoms with Gasteiger partial charge in [0.15, 0.2) is 12.4 Å². The average Bonchev–Trinajstić information content (AvgIpc) is 2.54. The lowest BCUT2D eigenvalue weighted by atomic mass is 10.1. The zero-order valence-corrected chi connectivity index (χ0v) is 13.4. The molecule has 0 fully saturated rings. The van der Waals surface area contributed by atoms with Gasteiger partial charge in [-0.2, -0.15) is 0 Å². The number of carbonyl (C=O) groups is 2. The van der Waals surface area contributed by atoms with Crippen molar-refractivity contribution in [3.8, 4) is 5.75 Å². The van der Waals surface area contributed by atoms with Crippen LogP contribution >= 0.6 is 15.9 Å². The molecule has 0 spiro atoms. The van der Waals surface area contributed by atoms with E-state index in [9.17, 15) is 14.0 Å². The highest BCUT2D eigenvalue weighted by atomic mass is 79.9. The normalized spacial score (nSPS) is 13.4. The van der Waals surface area contributed by atoms with Gasteiger partial charge in [0.1, 0.15) is 11.6 Å². The Morgan fingerprint density at radius 2 is 2.09 bits per heavy atom. The molecule has 1 amide bonds. The topological polar surface area (TPSA) is 55.4 Å². The van der Waals surface area contributed by atoms with Crippen LogP contribution in [0.15, 0.2) is 46.9 Å². The van der Waals surface area contributed by atoms with Crippen LogP contribution in [0.1, 0.15) is 15.9 Å². The van der Waals surface area contributed by atoms with E-state index in [1.165, 1.54) is 24.3 Å². The van der Waals surface area contributed by atoms with Crippen LogP contribution in [0.5, 0.6) is 5.75 Å². The average molecular weight is 376 g/mol. The number of anilines is 1. The second kappa shape index (κ2) is 6.34. The van der Waals surface area contributed by atoms with Crippen molar-refractivity contribution in [1.82, 2.24) is 0 Å². The fourth-order valence-corrected chi connectivity index (χ4v) is 2.52. The van der Waals surface area contributed by atoms with Gasteiger partial charge in [-0.1, -0.05) is 15.9 Å². The minimum absolute atomic E-state index is 0.0393. The van der Waals surface area contributed by atoms with Crippen LogP contribution in [-0.4, -0.2) is 18.3 Å². The maximum atomic E-state index is 13.6. The Hall–Kier alpha value is -2.47. The molecule has 1 aliphatic heterocycles. The molecule has 0 atom stereocenters. The van der Waals surface area contributed by atoms with Gasteiger partial charge in [-0.05, 0) is 48.6 Å². The minimum Gasteiger partial charge on any atom is -0.482 e. The van der Waals surface area contributed by atoms with Crippen LogP contribution in [0.2, 0.25) is 0 Å². The number of rotatable bonds is 3. The van der Waals surface area contributed by atoms with E-state index in [1.54, 1.807) is 24.3 Å². The fourth-order valence-electron chi connectivity index (χ4n) is 2.14. The first-order chi connectivity index (χ1) is 11.0.